The van der Waals surface area contributed by atoms with E-state index in [2.05, 4.69) is 53.2 Å². The van der Waals surface area contributed by atoms with Crippen LogP contribution in [-0.2, 0) is 16.0 Å². The number of piperazine rings is 1. The molecule has 6 nitrogen and oxygen atoms in total. The van der Waals surface area contributed by atoms with Crippen LogP contribution in [0.15, 0.2) is 64.4 Å². The van der Waals surface area contributed by atoms with Crippen LogP contribution in [0.2, 0.25) is 5.02 Å². The molecule has 2 aliphatic rings. The topological polar surface area (TPSA) is 81.1 Å². The fraction of sp³-hybridized carbons (Fsp3) is 0.304. The molecule has 2 N–H and O–H groups in total. The van der Waals surface area contributed by atoms with Gasteiger partial charge in [-0.25, -0.2) is 9.59 Å². The second-order valence-electron chi connectivity index (χ2n) is 7.46. The molecule has 31 heavy (non-hydrogen) atoms. The van der Waals surface area contributed by atoms with E-state index in [9.17, 15) is 9.59 Å². The maximum Gasteiger partial charge on any atom is 0.328 e. The number of carboxylic acid groups (broad SMARTS) is 2. The summed E-state index contributed by atoms with van der Waals surface area (Å²) < 4.78 is 0. The van der Waals surface area contributed by atoms with Crippen molar-refractivity contribution in [1.82, 2.24) is 9.80 Å². The summed E-state index contributed by atoms with van der Waals surface area (Å²) in [4.78, 5) is 26.9. The Bertz CT molecular complexity index is 958. The number of hydrogen-bond acceptors (Lipinski definition) is 5. The SMILES string of the molecule is CN1CCN(C2Cc3ccc(Cl)cc3Sc3ccccc32)CC1.O=C(O)/C=C/C(=O)O. The average molecular weight is 461 g/mol. The molecule has 2 aromatic carbocycles. The van der Waals surface area contributed by atoms with Crippen molar-refractivity contribution in [2.75, 3.05) is 33.2 Å². The van der Waals surface area contributed by atoms with E-state index in [4.69, 9.17) is 21.8 Å². The molecule has 0 amide bonds. The second kappa shape index (κ2) is 10.8. The largest absolute Gasteiger partial charge is 0.478 e. The van der Waals surface area contributed by atoms with Gasteiger partial charge in [-0.2, -0.15) is 0 Å². The van der Waals surface area contributed by atoms with Crippen LogP contribution in [-0.4, -0.2) is 65.2 Å². The van der Waals surface area contributed by atoms with Gasteiger partial charge in [0.15, 0.2) is 0 Å². The lowest BCUT2D eigenvalue weighted by molar-refractivity contribution is -0.134. The number of carbonyl (C=O) groups is 2. The Morgan fingerprint density at radius 2 is 1.65 bits per heavy atom. The maximum absolute atomic E-state index is 9.55. The predicted molar refractivity (Wildman–Crippen MR) is 122 cm³/mol. The van der Waals surface area contributed by atoms with E-state index in [1.165, 1.54) is 20.9 Å². The zero-order valence-corrected chi connectivity index (χ0v) is 18.8. The van der Waals surface area contributed by atoms with Gasteiger partial charge in [-0.3, -0.25) is 4.90 Å². The molecule has 0 aromatic heterocycles. The van der Waals surface area contributed by atoms with Gasteiger partial charge in [-0.05, 0) is 42.8 Å². The number of rotatable bonds is 3. The molecule has 2 aromatic rings. The molecule has 2 heterocycles. The molecule has 164 valence electrons. The Hall–Kier alpha value is -2.32. The van der Waals surface area contributed by atoms with E-state index in [0.29, 0.717) is 18.2 Å². The van der Waals surface area contributed by atoms with Crippen molar-refractivity contribution in [1.29, 1.82) is 0 Å². The van der Waals surface area contributed by atoms with Gasteiger partial charge < -0.3 is 15.1 Å². The highest BCUT2D eigenvalue weighted by Gasteiger charge is 2.29. The smallest absolute Gasteiger partial charge is 0.328 e. The number of halogens is 1. The first-order valence-corrected chi connectivity index (χ1v) is 11.1. The summed E-state index contributed by atoms with van der Waals surface area (Å²) in [5.41, 5.74) is 2.88. The average Bonchev–Trinajstić information content (AvgIpc) is 2.89. The lowest BCUT2D eigenvalue weighted by Crippen LogP contribution is -2.46. The van der Waals surface area contributed by atoms with Gasteiger partial charge in [0.1, 0.15) is 0 Å². The highest BCUT2D eigenvalue weighted by atomic mass is 35.5. The number of nitrogens with zero attached hydrogens (tertiary/aromatic N) is 2. The Balaban J connectivity index is 0.000000293. The number of benzene rings is 2. The van der Waals surface area contributed by atoms with Gasteiger partial charge in [-0.15, -0.1) is 0 Å². The molecule has 0 saturated carbocycles. The van der Waals surface area contributed by atoms with Crippen LogP contribution >= 0.6 is 23.4 Å². The molecule has 4 rings (SSSR count). The molecule has 0 spiro atoms. The quantitative estimate of drug-likeness (QED) is 0.669. The van der Waals surface area contributed by atoms with Crippen molar-refractivity contribution >= 4 is 35.3 Å². The number of carboxylic acids is 2. The highest BCUT2D eigenvalue weighted by Crippen LogP contribution is 2.43. The Labute approximate surface area is 191 Å². The van der Waals surface area contributed by atoms with Gasteiger partial charge in [0.25, 0.3) is 0 Å². The molecular formula is C23H25ClN2O4S. The Morgan fingerprint density at radius 1 is 1.00 bits per heavy atom. The van der Waals surface area contributed by atoms with Crippen molar-refractivity contribution < 1.29 is 19.8 Å². The summed E-state index contributed by atoms with van der Waals surface area (Å²) in [7, 11) is 2.21. The zero-order chi connectivity index (χ0) is 22.4. The lowest BCUT2D eigenvalue weighted by Gasteiger charge is -2.38. The monoisotopic (exact) mass is 460 g/mol. The van der Waals surface area contributed by atoms with Crippen LogP contribution in [0.25, 0.3) is 0 Å². The van der Waals surface area contributed by atoms with Crippen LogP contribution in [0.1, 0.15) is 17.2 Å². The third-order valence-electron chi connectivity index (χ3n) is 5.29. The molecule has 1 unspecified atom stereocenters. The fourth-order valence-corrected chi connectivity index (χ4v) is 5.09. The van der Waals surface area contributed by atoms with Crippen LogP contribution in [0, 0.1) is 0 Å². The standard InChI is InChI=1S/C19H21ClN2S.C4H4O4/c1-21-8-10-22(11-9-21)17-12-14-6-7-15(20)13-19(14)23-18-5-3-2-4-16(17)18;5-3(6)1-2-4(7)8/h2-7,13,17H,8-12H2,1H3;1-2H,(H,5,6)(H,7,8)/b;2-1+. The summed E-state index contributed by atoms with van der Waals surface area (Å²) in [5.74, 6) is -2.51. The summed E-state index contributed by atoms with van der Waals surface area (Å²) in [6.07, 6.45) is 2.19. The van der Waals surface area contributed by atoms with Gasteiger partial charge >= 0.3 is 11.9 Å². The van der Waals surface area contributed by atoms with Crippen LogP contribution in [0.5, 0.6) is 0 Å². The second-order valence-corrected chi connectivity index (χ2v) is 8.98. The van der Waals surface area contributed by atoms with Crippen LogP contribution in [0.4, 0.5) is 0 Å². The summed E-state index contributed by atoms with van der Waals surface area (Å²) >= 11 is 8.09. The van der Waals surface area contributed by atoms with E-state index in [0.717, 1.165) is 37.6 Å². The van der Waals surface area contributed by atoms with Crippen LogP contribution in [0.3, 0.4) is 0 Å². The fourth-order valence-electron chi connectivity index (χ4n) is 3.68. The first kappa shape index (κ1) is 23.3. The molecule has 0 aliphatic carbocycles. The van der Waals surface area contributed by atoms with Gasteiger partial charge in [-0.1, -0.05) is 47.6 Å². The van der Waals surface area contributed by atoms with Gasteiger partial charge in [0, 0.05) is 59.2 Å². The maximum atomic E-state index is 9.55. The Morgan fingerprint density at radius 3 is 2.29 bits per heavy atom. The van der Waals surface area contributed by atoms with Crippen molar-refractivity contribution in [3.05, 3.63) is 70.8 Å². The minimum Gasteiger partial charge on any atom is -0.478 e. The van der Waals surface area contributed by atoms with Crippen molar-refractivity contribution in [2.24, 2.45) is 0 Å². The number of likely N-dealkylation sites (N-methyl/N-ethyl adjacent to an activating group) is 1. The van der Waals surface area contributed by atoms with Crippen molar-refractivity contribution in [3.63, 3.8) is 0 Å². The third-order valence-corrected chi connectivity index (χ3v) is 6.71. The molecule has 0 radical (unpaired) electrons. The lowest BCUT2D eigenvalue weighted by atomic mass is 9.96. The van der Waals surface area contributed by atoms with E-state index >= 15 is 0 Å². The summed E-state index contributed by atoms with van der Waals surface area (Å²) in [5, 5.41) is 16.5. The molecule has 1 atom stereocenters. The first-order chi connectivity index (χ1) is 14.8. The van der Waals surface area contributed by atoms with Crippen LogP contribution < -0.4 is 0 Å². The summed E-state index contributed by atoms with van der Waals surface area (Å²) in [6.45, 7) is 4.59. The van der Waals surface area contributed by atoms with E-state index < -0.39 is 11.9 Å². The molecule has 1 fully saturated rings. The number of hydrogen-bond donors (Lipinski definition) is 2. The molecule has 1 saturated heterocycles. The summed E-state index contributed by atoms with van der Waals surface area (Å²) in [6, 6.07) is 15.7. The zero-order valence-electron chi connectivity index (χ0n) is 17.2. The van der Waals surface area contributed by atoms with Crippen molar-refractivity contribution in [3.8, 4) is 0 Å². The molecule has 0 bridgehead atoms. The van der Waals surface area contributed by atoms with E-state index in [-0.39, 0.29) is 0 Å². The van der Waals surface area contributed by atoms with E-state index in [1.54, 1.807) is 0 Å². The molecule has 2 aliphatic heterocycles. The minimum atomic E-state index is -1.26. The van der Waals surface area contributed by atoms with Crippen molar-refractivity contribution in [2.45, 2.75) is 22.3 Å². The molecular weight excluding hydrogens is 436 g/mol. The number of aliphatic carboxylic acids is 2. The normalized spacial score (nSPS) is 19.0. The number of fused-ring (bicyclic) bond motifs is 2. The first-order valence-electron chi connectivity index (χ1n) is 9.95. The molecule has 8 heteroatoms. The Kier molecular flexibility index (Phi) is 8.15. The van der Waals surface area contributed by atoms with Gasteiger partial charge in [0.2, 0.25) is 0 Å². The predicted octanol–water partition coefficient (Wildman–Crippen LogP) is 4.05. The third kappa shape index (κ3) is 6.58. The minimum absolute atomic E-state index is 0.467. The van der Waals surface area contributed by atoms with Gasteiger partial charge in [0.05, 0.1) is 0 Å². The van der Waals surface area contributed by atoms with E-state index in [1.807, 2.05) is 17.8 Å². The highest BCUT2D eigenvalue weighted by molar-refractivity contribution is 7.99.